The van der Waals surface area contributed by atoms with Crippen molar-refractivity contribution in [1.29, 1.82) is 0 Å². The van der Waals surface area contributed by atoms with Crippen LogP contribution in [0.2, 0.25) is 0 Å². The Balaban J connectivity index is 2.05. The van der Waals surface area contributed by atoms with E-state index in [9.17, 15) is 5.11 Å². The lowest BCUT2D eigenvalue weighted by Crippen LogP contribution is -2.19. The van der Waals surface area contributed by atoms with Crippen LogP contribution < -0.4 is 10.1 Å². The number of phenolic OH excluding ortho intramolecular Hbond substituents is 1. The van der Waals surface area contributed by atoms with Gasteiger partial charge >= 0.3 is 0 Å². The van der Waals surface area contributed by atoms with Crippen LogP contribution in [0.15, 0.2) is 30.6 Å². The summed E-state index contributed by atoms with van der Waals surface area (Å²) in [6.45, 7) is 2.60. The second-order valence-electron chi connectivity index (χ2n) is 4.06. The number of nitrogens with zero attached hydrogens (tertiary/aromatic N) is 1. The Kier molecular flexibility index (Phi) is 3.84. The van der Waals surface area contributed by atoms with Gasteiger partial charge in [0.15, 0.2) is 0 Å². The van der Waals surface area contributed by atoms with E-state index in [2.05, 4.69) is 15.3 Å². The molecule has 1 heterocycles. The lowest BCUT2D eigenvalue weighted by Gasteiger charge is -2.15. The molecule has 0 saturated carbocycles. The maximum Gasteiger partial charge on any atom is 0.120 e. The summed E-state index contributed by atoms with van der Waals surface area (Å²) in [4.78, 5) is 7.15. The van der Waals surface area contributed by atoms with Crippen molar-refractivity contribution in [2.45, 2.75) is 19.5 Å². The number of phenols is 1. The highest BCUT2D eigenvalue weighted by molar-refractivity contribution is 5.41. The van der Waals surface area contributed by atoms with Gasteiger partial charge < -0.3 is 20.1 Å². The number of aromatic amines is 1. The van der Waals surface area contributed by atoms with Crippen LogP contribution in [0.5, 0.6) is 11.5 Å². The zero-order chi connectivity index (χ0) is 13.0. The largest absolute Gasteiger partial charge is 0.508 e. The Labute approximate surface area is 106 Å². The first-order valence-electron chi connectivity index (χ1n) is 5.79. The van der Waals surface area contributed by atoms with E-state index in [-0.39, 0.29) is 11.8 Å². The molecule has 1 aromatic carbocycles. The number of imidazole rings is 1. The van der Waals surface area contributed by atoms with Crippen LogP contribution in [0.4, 0.5) is 0 Å². The predicted molar refractivity (Wildman–Crippen MR) is 68.5 cm³/mol. The number of rotatable bonds is 5. The van der Waals surface area contributed by atoms with Gasteiger partial charge in [-0.15, -0.1) is 0 Å². The fourth-order valence-corrected chi connectivity index (χ4v) is 1.76. The van der Waals surface area contributed by atoms with Crippen molar-refractivity contribution in [3.8, 4) is 11.5 Å². The van der Waals surface area contributed by atoms with Crippen molar-refractivity contribution < 1.29 is 9.84 Å². The molecule has 1 aromatic heterocycles. The van der Waals surface area contributed by atoms with Crippen molar-refractivity contribution in [2.75, 3.05) is 7.11 Å². The molecule has 0 amide bonds. The van der Waals surface area contributed by atoms with Gasteiger partial charge in [0.2, 0.25) is 0 Å². The summed E-state index contributed by atoms with van der Waals surface area (Å²) in [6.07, 6.45) is 3.50. The zero-order valence-corrected chi connectivity index (χ0v) is 10.5. The molecule has 96 valence electrons. The molecule has 1 unspecified atom stereocenters. The lowest BCUT2D eigenvalue weighted by atomic mass is 10.1. The highest BCUT2D eigenvalue weighted by Gasteiger charge is 2.11. The molecular formula is C13H17N3O2. The Morgan fingerprint density at radius 1 is 1.50 bits per heavy atom. The molecule has 0 aliphatic carbocycles. The average molecular weight is 247 g/mol. The molecule has 0 radical (unpaired) electrons. The molecule has 0 aliphatic heterocycles. The van der Waals surface area contributed by atoms with E-state index in [1.165, 1.54) is 0 Å². The molecule has 5 nitrogen and oxygen atoms in total. The number of ether oxygens (including phenoxy) is 1. The number of hydrogen-bond donors (Lipinski definition) is 3. The topological polar surface area (TPSA) is 70.2 Å². The molecule has 18 heavy (non-hydrogen) atoms. The van der Waals surface area contributed by atoms with E-state index < -0.39 is 0 Å². The van der Waals surface area contributed by atoms with Crippen LogP contribution in [-0.2, 0) is 6.54 Å². The maximum atomic E-state index is 9.84. The predicted octanol–water partition coefficient (Wildman–Crippen LogP) is 1.97. The molecule has 0 aliphatic rings. The Morgan fingerprint density at radius 2 is 2.33 bits per heavy atom. The SMILES string of the molecule is COc1ccc(O)c(C(C)NCc2ncc[nH]2)c1. The van der Waals surface area contributed by atoms with E-state index >= 15 is 0 Å². The highest BCUT2D eigenvalue weighted by Crippen LogP contribution is 2.28. The standard InChI is InChI=1S/C13H17N3O2/c1-9(16-8-13-14-5-6-15-13)11-7-10(18-2)3-4-12(11)17/h3-7,9,16-17H,8H2,1-2H3,(H,14,15). The number of aromatic nitrogens is 2. The summed E-state index contributed by atoms with van der Waals surface area (Å²) in [5, 5.41) is 13.1. The molecule has 2 aromatic rings. The van der Waals surface area contributed by atoms with E-state index in [0.717, 1.165) is 17.1 Å². The van der Waals surface area contributed by atoms with Gasteiger partial charge in [-0.2, -0.15) is 0 Å². The summed E-state index contributed by atoms with van der Waals surface area (Å²) in [6, 6.07) is 5.21. The minimum Gasteiger partial charge on any atom is -0.508 e. The first-order valence-corrected chi connectivity index (χ1v) is 5.79. The molecule has 0 spiro atoms. The first-order chi connectivity index (χ1) is 8.70. The van der Waals surface area contributed by atoms with Crippen LogP contribution >= 0.6 is 0 Å². The number of benzene rings is 1. The number of hydrogen-bond acceptors (Lipinski definition) is 4. The van der Waals surface area contributed by atoms with Crippen LogP contribution in [0.1, 0.15) is 24.4 Å². The number of H-pyrrole nitrogens is 1. The quantitative estimate of drug-likeness (QED) is 0.755. The number of methoxy groups -OCH3 is 1. The van der Waals surface area contributed by atoms with Crippen molar-refractivity contribution in [2.24, 2.45) is 0 Å². The van der Waals surface area contributed by atoms with Crippen LogP contribution in [0.3, 0.4) is 0 Å². The lowest BCUT2D eigenvalue weighted by molar-refractivity contribution is 0.407. The van der Waals surface area contributed by atoms with Gasteiger partial charge in [0.1, 0.15) is 17.3 Å². The van der Waals surface area contributed by atoms with Crippen molar-refractivity contribution >= 4 is 0 Å². The molecule has 0 fully saturated rings. The smallest absolute Gasteiger partial charge is 0.120 e. The van der Waals surface area contributed by atoms with E-state index in [1.807, 2.05) is 13.0 Å². The van der Waals surface area contributed by atoms with Crippen LogP contribution in [0.25, 0.3) is 0 Å². The van der Waals surface area contributed by atoms with E-state index in [1.54, 1.807) is 31.6 Å². The molecule has 2 rings (SSSR count). The minimum absolute atomic E-state index is 0.00481. The fraction of sp³-hybridized carbons (Fsp3) is 0.308. The molecule has 5 heteroatoms. The van der Waals surface area contributed by atoms with E-state index in [0.29, 0.717) is 6.54 Å². The van der Waals surface area contributed by atoms with Crippen LogP contribution in [-0.4, -0.2) is 22.2 Å². The fourth-order valence-electron chi connectivity index (χ4n) is 1.76. The second-order valence-corrected chi connectivity index (χ2v) is 4.06. The normalized spacial score (nSPS) is 12.3. The van der Waals surface area contributed by atoms with Crippen molar-refractivity contribution in [1.82, 2.24) is 15.3 Å². The van der Waals surface area contributed by atoms with Crippen LogP contribution in [0, 0.1) is 0 Å². The van der Waals surface area contributed by atoms with E-state index in [4.69, 9.17) is 4.74 Å². The van der Waals surface area contributed by atoms with Gasteiger partial charge in [0.25, 0.3) is 0 Å². The number of nitrogens with one attached hydrogen (secondary N) is 2. The Hall–Kier alpha value is -2.01. The average Bonchev–Trinajstić information content (AvgIpc) is 2.89. The zero-order valence-electron chi connectivity index (χ0n) is 10.5. The maximum absolute atomic E-state index is 9.84. The molecular weight excluding hydrogens is 230 g/mol. The van der Waals surface area contributed by atoms with Gasteiger partial charge in [-0.3, -0.25) is 0 Å². The number of aromatic hydroxyl groups is 1. The Morgan fingerprint density at radius 3 is 3.00 bits per heavy atom. The molecule has 0 bridgehead atoms. The van der Waals surface area contributed by atoms with Gasteiger partial charge in [0, 0.05) is 24.0 Å². The van der Waals surface area contributed by atoms with Gasteiger partial charge in [-0.05, 0) is 25.1 Å². The van der Waals surface area contributed by atoms with Gasteiger partial charge in [-0.25, -0.2) is 4.98 Å². The Bertz CT molecular complexity index is 497. The summed E-state index contributed by atoms with van der Waals surface area (Å²) in [7, 11) is 1.61. The van der Waals surface area contributed by atoms with Gasteiger partial charge in [0.05, 0.1) is 13.7 Å². The van der Waals surface area contributed by atoms with Crippen molar-refractivity contribution in [3.05, 3.63) is 42.0 Å². The summed E-state index contributed by atoms with van der Waals surface area (Å²) < 4.78 is 5.15. The second kappa shape index (κ2) is 5.55. The highest BCUT2D eigenvalue weighted by atomic mass is 16.5. The van der Waals surface area contributed by atoms with Gasteiger partial charge in [-0.1, -0.05) is 0 Å². The monoisotopic (exact) mass is 247 g/mol. The molecule has 0 saturated heterocycles. The third kappa shape index (κ3) is 2.81. The van der Waals surface area contributed by atoms with Crippen molar-refractivity contribution in [3.63, 3.8) is 0 Å². The summed E-state index contributed by atoms with van der Waals surface area (Å²) in [5.74, 6) is 1.86. The molecule has 3 N–H and O–H groups in total. The third-order valence-corrected chi connectivity index (χ3v) is 2.83. The third-order valence-electron chi connectivity index (χ3n) is 2.83. The molecule has 1 atom stereocenters. The summed E-state index contributed by atoms with van der Waals surface area (Å²) >= 11 is 0. The first kappa shape index (κ1) is 12.4. The minimum atomic E-state index is 0.00481. The summed E-state index contributed by atoms with van der Waals surface area (Å²) in [5.41, 5.74) is 0.806.